The highest BCUT2D eigenvalue weighted by molar-refractivity contribution is 4.69. The fourth-order valence-electron chi connectivity index (χ4n) is 1.84. The van der Waals surface area contributed by atoms with Gasteiger partial charge in [0.15, 0.2) is 0 Å². The van der Waals surface area contributed by atoms with Gasteiger partial charge in [-0.1, -0.05) is 47.0 Å². The highest BCUT2D eigenvalue weighted by Crippen LogP contribution is 2.26. The molecule has 0 spiro atoms. The molecule has 3 atom stereocenters. The van der Waals surface area contributed by atoms with E-state index >= 15 is 0 Å². The van der Waals surface area contributed by atoms with E-state index in [0.717, 1.165) is 5.92 Å². The molecule has 1 N–H and O–H groups in total. The van der Waals surface area contributed by atoms with Crippen molar-refractivity contribution in [2.24, 2.45) is 17.8 Å². The van der Waals surface area contributed by atoms with E-state index in [1.54, 1.807) is 0 Å². The Balaban J connectivity index is 3.91. The van der Waals surface area contributed by atoms with Crippen LogP contribution in [0.3, 0.4) is 0 Å². The molecule has 74 valence electrons. The molecule has 1 nitrogen and oxygen atoms in total. The van der Waals surface area contributed by atoms with Crippen molar-refractivity contribution in [3.05, 3.63) is 0 Å². The highest BCUT2D eigenvalue weighted by Gasteiger charge is 2.19. The minimum atomic E-state index is 0.335. The lowest BCUT2D eigenvalue weighted by atomic mass is 9.80. The monoisotopic (exact) mass is 172 g/mol. The van der Waals surface area contributed by atoms with E-state index < -0.39 is 0 Å². The van der Waals surface area contributed by atoms with Gasteiger partial charge in [0, 0.05) is 6.61 Å². The summed E-state index contributed by atoms with van der Waals surface area (Å²) in [6, 6.07) is 0. The molecule has 0 aliphatic rings. The number of aliphatic hydroxyl groups excluding tert-OH is 1. The first-order valence-electron chi connectivity index (χ1n) is 5.28. The van der Waals surface area contributed by atoms with Gasteiger partial charge < -0.3 is 5.11 Å². The number of hydrogen-bond donors (Lipinski definition) is 1. The van der Waals surface area contributed by atoms with E-state index in [1.807, 2.05) is 0 Å². The maximum absolute atomic E-state index is 9.02. The third kappa shape index (κ3) is 3.57. The van der Waals surface area contributed by atoms with Crippen LogP contribution in [-0.4, -0.2) is 11.7 Å². The second kappa shape index (κ2) is 6.47. The average Bonchev–Trinajstić information content (AvgIpc) is 2.11. The molecule has 0 aromatic carbocycles. The van der Waals surface area contributed by atoms with Crippen LogP contribution in [0.4, 0.5) is 0 Å². The van der Waals surface area contributed by atoms with Crippen molar-refractivity contribution >= 4 is 0 Å². The van der Waals surface area contributed by atoms with Gasteiger partial charge in [0.1, 0.15) is 0 Å². The predicted molar refractivity (Wildman–Crippen MR) is 54.1 cm³/mol. The number of hydrogen-bond acceptors (Lipinski definition) is 1. The summed E-state index contributed by atoms with van der Waals surface area (Å²) in [4.78, 5) is 0. The summed E-state index contributed by atoms with van der Waals surface area (Å²) in [5.41, 5.74) is 0. The van der Waals surface area contributed by atoms with Gasteiger partial charge in [-0.05, 0) is 17.8 Å². The smallest absolute Gasteiger partial charge is 0.0459 e. The first kappa shape index (κ1) is 12.0. The third-order valence-electron chi connectivity index (χ3n) is 3.11. The molecule has 0 saturated carbocycles. The lowest BCUT2D eigenvalue weighted by molar-refractivity contribution is 0.151. The van der Waals surface area contributed by atoms with Crippen LogP contribution < -0.4 is 0 Å². The molecule has 0 aromatic heterocycles. The third-order valence-corrected chi connectivity index (χ3v) is 3.11. The molecule has 0 amide bonds. The first-order valence-corrected chi connectivity index (χ1v) is 5.28. The summed E-state index contributed by atoms with van der Waals surface area (Å²) in [6.45, 7) is 9.23. The summed E-state index contributed by atoms with van der Waals surface area (Å²) in [5.74, 6) is 1.93. The second-order valence-corrected chi connectivity index (χ2v) is 3.98. The SMILES string of the molecule is CCCC(CC)C(C)C(C)CO. The van der Waals surface area contributed by atoms with Crippen LogP contribution >= 0.6 is 0 Å². The summed E-state index contributed by atoms with van der Waals surface area (Å²) < 4.78 is 0. The average molecular weight is 172 g/mol. The molecule has 0 fully saturated rings. The fourth-order valence-corrected chi connectivity index (χ4v) is 1.84. The number of rotatable bonds is 6. The van der Waals surface area contributed by atoms with E-state index in [2.05, 4.69) is 27.7 Å². The van der Waals surface area contributed by atoms with E-state index in [-0.39, 0.29) is 0 Å². The van der Waals surface area contributed by atoms with Crippen molar-refractivity contribution < 1.29 is 5.11 Å². The minimum absolute atomic E-state index is 0.335. The molecular weight excluding hydrogens is 148 g/mol. The molecule has 0 bridgehead atoms. The quantitative estimate of drug-likeness (QED) is 0.653. The maximum Gasteiger partial charge on any atom is 0.0459 e. The summed E-state index contributed by atoms with van der Waals surface area (Å²) in [7, 11) is 0. The normalized spacial score (nSPS) is 18.8. The molecule has 0 saturated heterocycles. The van der Waals surface area contributed by atoms with E-state index in [4.69, 9.17) is 5.11 Å². The van der Waals surface area contributed by atoms with Crippen LogP contribution in [0, 0.1) is 17.8 Å². The lowest BCUT2D eigenvalue weighted by Crippen LogP contribution is -2.21. The van der Waals surface area contributed by atoms with Crippen LogP contribution in [0.15, 0.2) is 0 Å². The summed E-state index contributed by atoms with van der Waals surface area (Å²) in [5, 5.41) is 9.02. The van der Waals surface area contributed by atoms with Crippen LogP contribution in [0.2, 0.25) is 0 Å². The Labute approximate surface area is 77.2 Å². The highest BCUT2D eigenvalue weighted by atomic mass is 16.3. The van der Waals surface area contributed by atoms with Crippen molar-refractivity contribution in [3.63, 3.8) is 0 Å². The minimum Gasteiger partial charge on any atom is -0.396 e. The van der Waals surface area contributed by atoms with Crippen molar-refractivity contribution in [3.8, 4) is 0 Å². The van der Waals surface area contributed by atoms with E-state index in [1.165, 1.54) is 19.3 Å². The van der Waals surface area contributed by atoms with Crippen LogP contribution in [-0.2, 0) is 0 Å². The number of aliphatic hydroxyl groups is 1. The Hall–Kier alpha value is -0.0400. The summed E-state index contributed by atoms with van der Waals surface area (Å²) >= 11 is 0. The first-order chi connectivity index (χ1) is 5.67. The molecule has 0 aliphatic heterocycles. The zero-order chi connectivity index (χ0) is 9.56. The second-order valence-electron chi connectivity index (χ2n) is 3.98. The van der Waals surface area contributed by atoms with Crippen LogP contribution in [0.25, 0.3) is 0 Å². The van der Waals surface area contributed by atoms with E-state index in [0.29, 0.717) is 18.4 Å². The van der Waals surface area contributed by atoms with Crippen LogP contribution in [0.1, 0.15) is 47.0 Å². The Bertz CT molecular complexity index is 101. The zero-order valence-electron chi connectivity index (χ0n) is 9.01. The Kier molecular flexibility index (Phi) is 6.45. The standard InChI is InChI=1S/C11H24O/c1-5-7-11(6-2)10(4)9(3)8-12/h9-12H,5-8H2,1-4H3. The van der Waals surface area contributed by atoms with Crippen molar-refractivity contribution in [2.45, 2.75) is 47.0 Å². The molecule has 0 heterocycles. The molecule has 0 radical (unpaired) electrons. The maximum atomic E-state index is 9.02. The molecule has 3 unspecified atom stereocenters. The van der Waals surface area contributed by atoms with Gasteiger partial charge >= 0.3 is 0 Å². The fraction of sp³-hybridized carbons (Fsp3) is 1.00. The van der Waals surface area contributed by atoms with Crippen molar-refractivity contribution in [2.75, 3.05) is 6.61 Å². The van der Waals surface area contributed by atoms with Gasteiger partial charge in [-0.2, -0.15) is 0 Å². The Morgan fingerprint density at radius 1 is 1.17 bits per heavy atom. The molecule has 0 rings (SSSR count). The zero-order valence-corrected chi connectivity index (χ0v) is 9.01. The van der Waals surface area contributed by atoms with Gasteiger partial charge in [0.05, 0.1) is 0 Å². The van der Waals surface area contributed by atoms with Gasteiger partial charge in [0.25, 0.3) is 0 Å². The van der Waals surface area contributed by atoms with Gasteiger partial charge in [0.2, 0.25) is 0 Å². The largest absolute Gasteiger partial charge is 0.396 e. The topological polar surface area (TPSA) is 20.2 Å². The Morgan fingerprint density at radius 3 is 2.08 bits per heavy atom. The van der Waals surface area contributed by atoms with Gasteiger partial charge in [-0.25, -0.2) is 0 Å². The van der Waals surface area contributed by atoms with Crippen molar-refractivity contribution in [1.29, 1.82) is 0 Å². The molecule has 0 aromatic rings. The van der Waals surface area contributed by atoms with Crippen molar-refractivity contribution in [1.82, 2.24) is 0 Å². The summed E-state index contributed by atoms with van der Waals surface area (Å²) in [6.07, 6.45) is 3.82. The van der Waals surface area contributed by atoms with Crippen LogP contribution in [0.5, 0.6) is 0 Å². The predicted octanol–water partition coefficient (Wildman–Crippen LogP) is 3.08. The molecule has 12 heavy (non-hydrogen) atoms. The Morgan fingerprint density at radius 2 is 1.75 bits per heavy atom. The molecular formula is C11H24O. The van der Waals surface area contributed by atoms with Gasteiger partial charge in [-0.3, -0.25) is 0 Å². The molecule has 0 aliphatic carbocycles. The molecule has 1 heteroatoms. The lowest BCUT2D eigenvalue weighted by Gasteiger charge is -2.26. The van der Waals surface area contributed by atoms with E-state index in [9.17, 15) is 0 Å². The van der Waals surface area contributed by atoms with Gasteiger partial charge in [-0.15, -0.1) is 0 Å².